The molecule has 0 unspecified atom stereocenters. The number of nitrogens with zero attached hydrogens (tertiary/aromatic N) is 3. The van der Waals surface area contributed by atoms with Gasteiger partial charge in [-0.2, -0.15) is 0 Å². The molecule has 2 aromatic rings. The van der Waals surface area contributed by atoms with Gasteiger partial charge in [-0.25, -0.2) is 4.98 Å². The average Bonchev–Trinajstić information content (AvgIpc) is 3.35. The molecule has 1 aliphatic rings. The third-order valence-corrected chi connectivity index (χ3v) is 7.82. The van der Waals surface area contributed by atoms with E-state index in [-0.39, 0.29) is 55.8 Å². The second kappa shape index (κ2) is 16.3. The summed E-state index contributed by atoms with van der Waals surface area (Å²) in [6, 6.07) is 7.46. The molecule has 0 saturated carbocycles. The predicted octanol–water partition coefficient (Wildman–Crippen LogP) is 1.92. The van der Waals surface area contributed by atoms with E-state index in [0.717, 1.165) is 11.0 Å². The van der Waals surface area contributed by atoms with Crippen molar-refractivity contribution in [3.05, 3.63) is 24.3 Å². The maximum Gasteiger partial charge on any atom is 0.248 e. The fourth-order valence-corrected chi connectivity index (χ4v) is 5.66. The zero-order valence-corrected chi connectivity index (χ0v) is 24.8. The Bertz CT molecular complexity index is 1040. The Kier molecular flexibility index (Phi) is 13.1. The lowest BCUT2D eigenvalue weighted by Crippen LogP contribution is -2.54. The lowest BCUT2D eigenvalue weighted by molar-refractivity contribution is -0.145. The van der Waals surface area contributed by atoms with Gasteiger partial charge in [-0.05, 0) is 37.3 Å². The highest BCUT2D eigenvalue weighted by Gasteiger charge is 2.33. The molecule has 4 atom stereocenters. The number of thioether (sulfide) groups is 1. The summed E-state index contributed by atoms with van der Waals surface area (Å²) >= 11 is 1.36. The zero-order chi connectivity index (χ0) is 29.1. The van der Waals surface area contributed by atoms with E-state index in [0.29, 0.717) is 37.6 Å². The van der Waals surface area contributed by atoms with Crippen molar-refractivity contribution in [3.63, 3.8) is 0 Å². The number of para-hydroxylation sites is 2. The topological polar surface area (TPSA) is 137 Å². The summed E-state index contributed by atoms with van der Waals surface area (Å²) in [7, 11) is 2.88. The van der Waals surface area contributed by atoms with Crippen LogP contribution in [0.1, 0.15) is 33.1 Å². The van der Waals surface area contributed by atoms with Crippen molar-refractivity contribution in [3.8, 4) is 0 Å². The van der Waals surface area contributed by atoms with Gasteiger partial charge in [0.2, 0.25) is 11.8 Å². The van der Waals surface area contributed by atoms with Crippen molar-refractivity contribution in [2.75, 3.05) is 59.4 Å². The number of fused-ring (bicyclic) bond motifs is 1. The smallest absolute Gasteiger partial charge is 0.248 e. The molecular weight excluding hydrogens is 536 g/mol. The number of H-pyrrole nitrogens is 1. The van der Waals surface area contributed by atoms with Crippen molar-refractivity contribution in [2.24, 2.45) is 5.92 Å². The molecule has 2 amide bonds. The molecule has 40 heavy (non-hydrogen) atoms. The fraction of sp³-hybridized carbons (Fsp3) is 0.679. The van der Waals surface area contributed by atoms with Crippen LogP contribution in [-0.2, 0) is 23.8 Å². The lowest BCUT2D eigenvalue weighted by atomic mass is 10.00. The summed E-state index contributed by atoms with van der Waals surface area (Å²) in [5.41, 5.74) is 1.77. The zero-order valence-electron chi connectivity index (χ0n) is 24.0. The molecule has 0 radical (unpaired) electrons. The van der Waals surface area contributed by atoms with Crippen molar-refractivity contribution in [1.82, 2.24) is 19.8 Å². The highest BCUT2D eigenvalue weighted by Crippen LogP contribution is 2.22. The minimum atomic E-state index is -1.26. The molecule has 1 aliphatic heterocycles. The molecule has 2 heterocycles. The second-order valence-electron chi connectivity index (χ2n) is 10.6. The molecule has 1 aromatic carbocycles. The van der Waals surface area contributed by atoms with Gasteiger partial charge in [-0.3, -0.25) is 9.59 Å². The SMILES string of the molecule is COCC(=O)N1C[C@H](CC(C)C)N(C(=O)CSc2nc3ccccc3[nH]2)CCCCOC[C@@H](O)[C@@H](O)[C@H](OC)C1. The largest absolute Gasteiger partial charge is 0.388 e. The Labute approximate surface area is 240 Å². The van der Waals surface area contributed by atoms with Gasteiger partial charge in [0.05, 0.1) is 23.4 Å². The number of ether oxygens (including phenoxy) is 3. The average molecular weight is 581 g/mol. The number of aliphatic hydroxyl groups is 2. The van der Waals surface area contributed by atoms with Gasteiger partial charge >= 0.3 is 0 Å². The van der Waals surface area contributed by atoms with Crippen LogP contribution in [0.3, 0.4) is 0 Å². The number of aromatic amines is 1. The van der Waals surface area contributed by atoms with E-state index in [4.69, 9.17) is 14.2 Å². The van der Waals surface area contributed by atoms with Gasteiger partial charge in [0, 0.05) is 46.5 Å². The molecular formula is C28H44N4O7S. The maximum atomic E-state index is 13.7. The van der Waals surface area contributed by atoms with Crippen LogP contribution in [-0.4, -0.2) is 126 Å². The van der Waals surface area contributed by atoms with Gasteiger partial charge < -0.3 is 39.2 Å². The maximum absolute atomic E-state index is 13.7. The van der Waals surface area contributed by atoms with Crippen LogP contribution in [0, 0.1) is 5.92 Å². The molecule has 0 bridgehead atoms. The first-order valence-electron chi connectivity index (χ1n) is 13.8. The van der Waals surface area contributed by atoms with E-state index in [1.807, 2.05) is 29.2 Å². The predicted molar refractivity (Wildman–Crippen MR) is 153 cm³/mol. The molecule has 1 fully saturated rings. The van der Waals surface area contributed by atoms with Crippen LogP contribution >= 0.6 is 11.8 Å². The Balaban J connectivity index is 1.86. The molecule has 0 aliphatic carbocycles. The van der Waals surface area contributed by atoms with Gasteiger partial charge in [0.25, 0.3) is 0 Å². The van der Waals surface area contributed by atoms with E-state index in [9.17, 15) is 19.8 Å². The van der Waals surface area contributed by atoms with Crippen LogP contribution in [0.15, 0.2) is 29.4 Å². The summed E-state index contributed by atoms with van der Waals surface area (Å²) < 4.78 is 16.2. The molecule has 1 aromatic heterocycles. The fourth-order valence-electron chi connectivity index (χ4n) is 4.89. The van der Waals surface area contributed by atoms with E-state index in [2.05, 4.69) is 23.8 Å². The number of methoxy groups -OCH3 is 2. The number of rotatable bonds is 8. The molecule has 3 rings (SSSR count). The van der Waals surface area contributed by atoms with E-state index in [1.165, 1.54) is 26.0 Å². The standard InChI is InChI=1S/C28H44N4O7S/c1-19(2)13-20-14-31(25(34)17-37-3)15-24(38-4)27(36)23(33)16-39-12-8-7-11-32(20)26(35)18-40-28-29-21-9-5-6-10-22(21)30-28/h5-6,9-10,19-20,23-24,27,33,36H,7-8,11-18H2,1-4H3,(H,29,30)/t20-,23+,24+,27+/m0/s1. The van der Waals surface area contributed by atoms with E-state index < -0.39 is 18.3 Å². The van der Waals surface area contributed by atoms with Crippen LogP contribution in [0.2, 0.25) is 0 Å². The molecule has 0 spiro atoms. The number of imidazole rings is 1. The number of nitrogens with one attached hydrogen (secondary N) is 1. The van der Waals surface area contributed by atoms with Gasteiger partial charge in [-0.1, -0.05) is 37.7 Å². The molecule has 12 heteroatoms. The summed E-state index contributed by atoms with van der Waals surface area (Å²) in [5, 5.41) is 21.9. The monoisotopic (exact) mass is 580 g/mol. The number of carbonyl (C=O) groups excluding carboxylic acids is 2. The Morgan fingerprint density at radius 2 is 1.95 bits per heavy atom. The summed E-state index contributed by atoms with van der Waals surface area (Å²) in [4.78, 5) is 38.2. The van der Waals surface area contributed by atoms with Crippen molar-refractivity contribution in [2.45, 2.75) is 62.6 Å². The molecule has 11 nitrogen and oxygen atoms in total. The summed E-state index contributed by atoms with van der Waals surface area (Å²) in [6.07, 6.45) is -1.22. The van der Waals surface area contributed by atoms with Gasteiger partial charge in [0.15, 0.2) is 5.16 Å². The normalized spacial score (nSPS) is 23.9. The number of amides is 2. The van der Waals surface area contributed by atoms with Gasteiger partial charge in [-0.15, -0.1) is 0 Å². The molecule has 3 N–H and O–H groups in total. The quantitative estimate of drug-likeness (QED) is 0.400. The summed E-state index contributed by atoms with van der Waals surface area (Å²) in [5.74, 6) is 0.132. The van der Waals surface area contributed by atoms with Crippen molar-refractivity contribution in [1.29, 1.82) is 0 Å². The number of hydrogen-bond donors (Lipinski definition) is 3. The highest BCUT2D eigenvalue weighted by molar-refractivity contribution is 7.99. The van der Waals surface area contributed by atoms with E-state index in [1.54, 1.807) is 4.90 Å². The third-order valence-electron chi connectivity index (χ3n) is 6.96. The first kappa shape index (κ1) is 32.3. The van der Waals surface area contributed by atoms with Crippen LogP contribution in [0.4, 0.5) is 0 Å². The van der Waals surface area contributed by atoms with Gasteiger partial charge in [0.1, 0.15) is 24.9 Å². The van der Waals surface area contributed by atoms with Crippen molar-refractivity contribution >= 4 is 34.6 Å². The Morgan fingerprint density at radius 3 is 2.65 bits per heavy atom. The van der Waals surface area contributed by atoms with Crippen molar-refractivity contribution < 1.29 is 34.0 Å². The van der Waals surface area contributed by atoms with Crippen LogP contribution < -0.4 is 0 Å². The first-order valence-corrected chi connectivity index (χ1v) is 14.8. The Morgan fingerprint density at radius 1 is 1.18 bits per heavy atom. The minimum absolute atomic E-state index is 0.0290. The number of benzene rings is 1. The lowest BCUT2D eigenvalue weighted by Gasteiger charge is -2.38. The first-order chi connectivity index (χ1) is 19.2. The Hall–Kier alpha value is -2.22. The van der Waals surface area contributed by atoms with E-state index >= 15 is 0 Å². The number of hydrogen-bond acceptors (Lipinski definition) is 9. The summed E-state index contributed by atoms with van der Waals surface area (Å²) in [6.45, 7) is 5.15. The molecule has 1 saturated heterocycles. The van der Waals surface area contributed by atoms with Crippen LogP contribution in [0.5, 0.6) is 0 Å². The number of aromatic nitrogens is 2. The second-order valence-corrected chi connectivity index (χ2v) is 11.5. The number of aliphatic hydroxyl groups excluding tert-OH is 2. The third kappa shape index (κ3) is 9.42. The molecule has 224 valence electrons. The highest BCUT2D eigenvalue weighted by atomic mass is 32.2. The number of carbonyl (C=O) groups is 2. The van der Waals surface area contributed by atoms with Crippen LogP contribution in [0.25, 0.3) is 11.0 Å². The minimum Gasteiger partial charge on any atom is -0.388 e.